The van der Waals surface area contributed by atoms with Crippen molar-refractivity contribution in [3.63, 3.8) is 0 Å². The van der Waals surface area contributed by atoms with E-state index in [9.17, 15) is 14.4 Å². The number of rotatable bonds is 3. The van der Waals surface area contributed by atoms with Crippen LogP contribution < -0.4 is 27.8 Å². The van der Waals surface area contributed by atoms with Crippen LogP contribution in [0.4, 0.5) is 21.0 Å². The van der Waals surface area contributed by atoms with Crippen LogP contribution in [0.15, 0.2) is 18.2 Å². The largest absolute Gasteiger partial charge is 0.366 e. The summed E-state index contributed by atoms with van der Waals surface area (Å²) in [4.78, 5) is 32.4. The van der Waals surface area contributed by atoms with Crippen LogP contribution in [-0.2, 0) is 0 Å². The van der Waals surface area contributed by atoms with Crippen molar-refractivity contribution in [1.29, 1.82) is 0 Å². The van der Waals surface area contributed by atoms with E-state index in [-0.39, 0.29) is 16.9 Å². The quantitative estimate of drug-likeness (QED) is 0.493. The second-order valence-electron chi connectivity index (χ2n) is 3.10. The highest BCUT2D eigenvalue weighted by Crippen LogP contribution is 2.20. The first-order valence-corrected chi connectivity index (χ1v) is 4.47. The number of nitrogens with one attached hydrogen (secondary N) is 2. The predicted molar refractivity (Wildman–Crippen MR) is 61.4 cm³/mol. The number of urea groups is 2. The van der Waals surface area contributed by atoms with E-state index in [1.807, 2.05) is 0 Å². The fraction of sp³-hybridized carbons (Fsp3) is 0. The van der Waals surface area contributed by atoms with Crippen LogP contribution in [0.2, 0.25) is 0 Å². The SMILES string of the molecule is NC(=O)Nc1ccc(NC(N)=O)c(C(N)=O)c1. The third-order valence-electron chi connectivity index (χ3n) is 1.81. The van der Waals surface area contributed by atoms with Crippen molar-refractivity contribution in [2.75, 3.05) is 10.6 Å². The Morgan fingerprint density at radius 3 is 2.00 bits per heavy atom. The first-order chi connectivity index (χ1) is 7.90. The Morgan fingerprint density at radius 1 is 0.941 bits per heavy atom. The summed E-state index contributed by atoms with van der Waals surface area (Å²) in [6.45, 7) is 0. The molecule has 0 radical (unpaired) electrons. The minimum absolute atomic E-state index is 0.00931. The molecule has 0 heterocycles. The van der Waals surface area contributed by atoms with Gasteiger partial charge >= 0.3 is 12.1 Å². The standard InChI is InChI=1S/C9H11N5O3/c10-7(15)5-3-4(13-8(11)16)1-2-6(5)14-9(12)17/h1-3H,(H2,10,15)(H3,11,13,16)(H3,12,14,17). The summed E-state index contributed by atoms with van der Waals surface area (Å²) in [7, 11) is 0. The van der Waals surface area contributed by atoms with Crippen molar-refractivity contribution < 1.29 is 14.4 Å². The van der Waals surface area contributed by atoms with E-state index in [0.29, 0.717) is 0 Å². The van der Waals surface area contributed by atoms with E-state index in [2.05, 4.69) is 10.6 Å². The number of carbonyl (C=O) groups is 3. The van der Waals surface area contributed by atoms with E-state index < -0.39 is 18.0 Å². The zero-order valence-electron chi connectivity index (χ0n) is 8.69. The monoisotopic (exact) mass is 237 g/mol. The van der Waals surface area contributed by atoms with Crippen LogP contribution in [0, 0.1) is 0 Å². The molecule has 0 saturated carbocycles. The highest BCUT2D eigenvalue weighted by molar-refractivity contribution is 6.04. The maximum absolute atomic E-state index is 11.1. The van der Waals surface area contributed by atoms with Gasteiger partial charge in [0.15, 0.2) is 0 Å². The van der Waals surface area contributed by atoms with Gasteiger partial charge in [-0.25, -0.2) is 9.59 Å². The smallest absolute Gasteiger partial charge is 0.316 e. The summed E-state index contributed by atoms with van der Waals surface area (Å²) in [5.74, 6) is -0.776. The predicted octanol–water partition coefficient (Wildman–Crippen LogP) is -0.233. The zero-order chi connectivity index (χ0) is 13.0. The Labute approximate surface area is 96.1 Å². The minimum atomic E-state index is -0.830. The highest BCUT2D eigenvalue weighted by atomic mass is 16.2. The summed E-state index contributed by atoms with van der Waals surface area (Å²) < 4.78 is 0. The van der Waals surface area contributed by atoms with E-state index >= 15 is 0 Å². The highest BCUT2D eigenvalue weighted by Gasteiger charge is 2.11. The number of primary amides is 3. The number of nitrogens with two attached hydrogens (primary N) is 3. The number of anilines is 2. The normalized spacial score (nSPS) is 9.41. The maximum atomic E-state index is 11.1. The number of benzene rings is 1. The van der Waals surface area contributed by atoms with E-state index in [1.54, 1.807) is 0 Å². The first-order valence-electron chi connectivity index (χ1n) is 4.47. The van der Waals surface area contributed by atoms with Gasteiger partial charge in [-0.15, -0.1) is 0 Å². The van der Waals surface area contributed by atoms with Gasteiger partial charge in [-0.05, 0) is 18.2 Å². The van der Waals surface area contributed by atoms with E-state index in [4.69, 9.17) is 17.2 Å². The van der Waals surface area contributed by atoms with Gasteiger partial charge in [-0.1, -0.05) is 0 Å². The second kappa shape index (κ2) is 4.84. The molecule has 1 rings (SSSR count). The van der Waals surface area contributed by atoms with Crippen molar-refractivity contribution >= 4 is 29.3 Å². The van der Waals surface area contributed by atoms with E-state index in [0.717, 1.165) is 0 Å². The molecule has 90 valence electrons. The van der Waals surface area contributed by atoms with Gasteiger partial charge in [-0.3, -0.25) is 4.79 Å². The van der Waals surface area contributed by atoms with Crippen LogP contribution in [-0.4, -0.2) is 18.0 Å². The number of hydrogen-bond acceptors (Lipinski definition) is 3. The molecular formula is C9H11N5O3. The Balaban J connectivity index is 3.12. The molecule has 17 heavy (non-hydrogen) atoms. The topological polar surface area (TPSA) is 153 Å². The summed E-state index contributed by atoms with van der Waals surface area (Å²) in [5, 5.41) is 4.50. The molecule has 0 aliphatic rings. The van der Waals surface area contributed by atoms with Crippen molar-refractivity contribution in [1.82, 2.24) is 0 Å². The molecule has 0 atom stereocenters. The van der Waals surface area contributed by atoms with Gasteiger partial charge < -0.3 is 27.8 Å². The molecule has 5 amide bonds. The molecule has 1 aromatic carbocycles. The van der Waals surface area contributed by atoms with Crippen molar-refractivity contribution in [3.05, 3.63) is 23.8 Å². The number of amides is 5. The maximum Gasteiger partial charge on any atom is 0.316 e. The molecule has 0 aliphatic heterocycles. The summed E-state index contributed by atoms with van der Waals surface area (Å²) in [5.41, 5.74) is 15.4. The van der Waals surface area contributed by atoms with Gasteiger partial charge in [0.05, 0.1) is 11.3 Å². The average molecular weight is 237 g/mol. The van der Waals surface area contributed by atoms with E-state index in [1.165, 1.54) is 18.2 Å². The summed E-state index contributed by atoms with van der Waals surface area (Å²) in [6, 6.07) is 2.47. The molecule has 0 bridgehead atoms. The molecule has 0 aromatic heterocycles. The lowest BCUT2D eigenvalue weighted by Gasteiger charge is -2.09. The lowest BCUT2D eigenvalue weighted by molar-refractivity contribution is 0.100. The van der Waals surface area contributed by atoms with Crippen LogP contribution in [0.25, 0.3) is 0 Å². The number of carbonyl (C=O) groups excluding carboxylic acids is 3. The Morgan fingerprint density at radius 2 is 1.53 bits per heavy atom. The van der Waals surface area contributed by atoms with Crippen molar-refractivity contribution in [2.24, 2.45) is 17.2 Å². The Kier molecular flexibility index (Phi) is 3.50. The molecule has 0 fully saturated rings. The van der Waals surface area contributed by atoms with Gasteiger partial charge in [0.1, 0.15) is 0 Å². The van der Waals surface area contributed by atoms with Crippen LogP contribution in [0.1, 0.15) is 10.4 Å². The fourth-order valence-corrected chi connectivity index (χ4v) is 1.21. The lowest BCUT2D eigenvalue weighted by Crippen LogP contribution is -2.23. The second-order valence-corrected chi connectivity index (χ2v) is 3.10. The fourth-order valence-electron chi connectivity index (χ4n) is 1.21. The third-order valence-corrected chi connectivity index (χ3v) is 1.81. The molecule has 8 N–H and O–H groups in total. The van der Waals surface area contributed by atoms with Crippen molar-refractivity contribution in [3.8, 4) is 0 Å². The van der Waals surface area contributed by atoms with Crippen LogP contribution in [0.3, 0.4) is 0 Å². The minimum Gasteiger partial charge on any atom is -0.366 e. The van der Waals surface area contributed by atoms with Gasteiger partial charge in [0.25, 0.3) is 5.91 Å². The number of hydrogen-bond donors (Lipinski definition) is 5. The first kappa shape index (κ1) is 12.3. The Bertz CT molecular complexity index is 486. The van der Waals surface area contributed by atoms with Gasteiger partial charge in [0.2, 0.25) is 0 Å². The molecule has 8 heteroatoms. The molecule has 0 aliphatic carbocycles. The molecule has 0 saturated heterocycles. The molecule has 0 unspecified atom stereocenters. The van der Waals surface area contributed by atoms with Crippen molar-refractivity contribution in [2.45, 2.75) is 0 Å². The van der Waals surface area contributed by atoms with Crippen LogP contribution >= 0.6 is 0 Å². The lowest BCUT2D eigenvalue weighted by atomic mass is 10.1. The summed E-state index contributed by atoms with van der Waals surface area (Å²) >= 11 is 0. The molecule has 1 aromatic rings. The molecule has 0 spiro atoms. The Hall–Kier alpha value is -2.77. The van der Waals surface area contributed by atoms with Gasteiger partial charge in [0, 0.05) is 5.69 Å². The summed E-state index contributed by atoms with van der Waals surface area (Å²) in [6.07, 6.45) is 0. The average Bonchev–Trinajstić information content (AvgIpc) is 2.18. The third kappa shape index (κ3) is 3.38. The van der Waals surface area contributed by atoms with Gasteiger partial charge in [-0.2, -0.15) is 0 Å². The van der Waals surface area contributed by atoms with Crippen LogP contribution in [0.5, 0.6) is 0 Å². The molecule has 8 nitrogen and oxygen atoms in total. The molecular weight excluding hydrogens is 226 g/mol. The zero-order valence-corrected chi connectivity index (χ0v) is 8.69.